The van der Waals surface area contributed by atoms with E-state index in [0.717, 1.165) is 26.6 Å². The summed E-state index contributed by atoms with van der Waals surface area (Å²) in [5.74, 6) is -1.93. The Morgan fingerprint density at radius 1 is 0.457 bits per heavy atom. The molecule has 0 aliphatic heterocycles. The van der Waals surface area contributed by atoms with Gasteiger partial charge >= 0.3 is 279 Å². The summed E-state index contributed by atoms with van der Waals surface area (Å²) < 4.78 is 0. The Morgan fingerprint density at radius 3 is 1.28 bits per heavy atom. The van der Waals surface area contributed by atoms with Crippen LogP contribution in [-0.4, -0.2) is 22.2 Å². The van der Waals surface area contributed by atoms with Gasteiger partial charge < -0.3 is 0 Å². The summed E-state index contributed by atoms with van der Waals surface area (Å²) in [6.07, 6.45) is 0.744. The molecule has 0 saturated heterocycles. The molecule has 0 radical (unpaired) electrons. The van der Waals surface area contributed by atoms with Crippen LogP contribution in [0.4, 0.5) is 0 Å². The second-order valence-corrected chi connectivity index (χ2v) is 16.7. The van der Waals surface area contributed by atoms with E-state index >= 15 is 0 Å². The maximum atomic E-state index is 12.2. The molecule has 228 valence electrons. The van der Waals surface area contributed by atoms with Gasteiger partial charge in [-0.15, -0.1) is 0 Å². The van der Waals surface area contributed by atoms with Gasteiger partial charge in [0.25, 0.3) is 0 Å². The molecular weight excluding hydrogens is 628 g/mol. The van der Waals surface area contributed by atoms with Gasteiger partial charge in [-0.05, 0) is 0 Å². The second-order valence-electron chi connectivity index (χ2n) is 10.7. The molecule has 0 aliphatic carbocycles. The van der Waals surface area contributed by atoms with Crippen LogP contribution in [0.25, 0.3) is 0 Å². The van der Waals surface area contributed by atoms with Gasteiger partial charge in [0.2, 0.25) is 0 Å². The summed E-state index contributed by atoms with van der Waals surface area (Å²) in [5.41, 5.74) is 1.71. The standard InChI is InChI=1S/C39H31O4PS2/c40-38(41)30-19-7-11-23-34(30)45-36-25-13-9-21-32(36)44(29-17-5-2-6-18-29,27-28-15-3-1-4-16-28)33-22-10-14-26-37(33)46-35-24-12-8-20-31(35)39(42)43/h1-26,44H,27H2,(H,40,41)(H,42,43). The molecule has 6 aromatic rings. The van der Waals surface area contributed by atoms with Gasteiger partial charge in [-0.1, -0.05) is 0 Å². The number of hydrogen-bond donors (Lipinski definition) is 2. The van der Waals surface area contributed by atoms with Gasteiger partial charge in [0.15, 0.2) is 0 Å². The van der Waals surface area contributed by atoms with E-state index in [1.54, 1.807) is 24.3 Å². The quantitative estimate of drug-likeness (QED) is 0.136. The third-order valence-electron chi connectivity index (χ3n) is 7.95. The average Bonchev–Trinajstić information content (AvgIpc) is 3.09. The van der Waals surface area contributed by atoms with Crippen molar-refractivity contribution in [2.45, 2.75) is 25.7 Å². The van der Waals surface area contributed by atoms with Crippen LogP contribution in [0.15, 0.2) is 177 Å². The third-order valence-corrected chi connectivity index (χ3v) is 15.6. The van der Waals surface area contributed by atoms with Gasteiger partial charge in [0.1, 0.15) is 0 Å². The Hall–Kier alpha value is -4.61. The number of carbonyl (C=O) groups is 2. The molecule has 0 heterocycles. The van der Waals surface area contributed by atoms with E-state index in [-0.39, 0.29) is 11.1 Å². The van der Waals surface area contributed by atoms with Gasteiger partial charge in [-0.2, -0.15) is 0 Å². The zero-order valence-corrected chi connectivity index (χ0v) is 27.4. The molecule has 7 heteroatoms. The van der Waals surface area contributed by atoms with E-state index < -0.39 is 19.2 Å². The summed E-state index contributed by atoms with van der Waals surface area (Å²) in [5, 5.41) is 23.6. The maximum absolute atomic E-state index is 12.2. The fourth-order valence-corrected chi connectivity index (χ4v) is 14.1. The minimum atomic E-state index is -2.99. The first-order valence-electron chi connectivity index (χ1n) is 14.8. The number of aromatic carboxylic acids is 2. The summed E-state index contributed by atoms with van der Waals surface area (Å²) in [7, 11) is -2.99. The molecule has 0 fully saturated rings. The molecule has 2 N–H and O–H groups in total. The minimum absolute atomic E-state index is 0.263. The van der Waals surface area contributed by atoms with E-state index in [1.165, 1.54) is 34.4 Å². The summed E-state index contributed by atoms with van der Waals surface area (Å²) >= 11 is 2.96. The van der Waals surface area contributed by atoms with Crippen molar-refractivity contribution in [1.82, 2.24) is 0 Å². The first kappa shape index (κ1) is 31.4. The monoisotopic (exact) mass is 658 g/mol. The van der Waals surface area contributed by atoms with Crippen molar-refractivity contribution in [1.29, 1.82) is 0 Å². The van der Waals surface area contributed by atoms with Crippen LogP contribution in [0, 0.1) is 0 Å². The number of hydrogen-bond acceptors (Lipinski definition) is 4. The third kappa shape index (κ3) is 6.52. The first-order chi connectivity index (χ1) is 22.5. The molecule has 6 aromatic carbocycles. The van der Waals surface area contributed by atoms with Crippen LogP contribution in [-0.2, 0) is 6.16 Å². The summed E-state index contributed by atoms with van der Waals surface area (Å²) in [6.45, 7) is 0. The predicted molar refractivity (Wildman–Crippen MR) is 192 cm³/mol. The number of carboxylic acid groups (broad SMARTS) is 2. The molecule has 46 heavy (non-hydrogen) atoms. The summed E-state index contributed by atoms with van der Waals surface area (Å²) in [6, 6.07) is 52.0. The molecule has 0 aliphatic rings. The normalized spacial score (nSPS) is 11.6. The number of benzene rings is 6. The first-order valence-corrected chi connectivity index (χ1v) is 18.6. The van der Waals surface area contributed by atoms with Crippen LogP contribution in [0.3, 0.4) is 0 Å². The topological polar surface area (TPSA) is 74.6 Å². The van der Waals surface area contributed by atoms with Crippen LogP contribution in [0.1, 0.15) is 26.3 Å². The van der Waals surface area contributed by atoms with Crippen molar-refractivity contribution < 1.29 is 19.8 Å². The predicted octanol–water partition coefficient (Wildman–Crippen LogP) is 8.61. The van der Waals surface area contributed by atoms with Crippen molar-refractivity contribution >= 4 is 58.6 Å². The van der Waals surface area contributed by atoms with Crippen LogP contribution in [0.5, 0.6) is 0 Å². The fraction of sp³-hybridized carbons (Fsp3) is 0.0256. The second kappa shape index (κ2) is 14.2. The molecule has 4 nitrogen and oxygen atoms in total. The van der Waals surface area contributed by atoms with Crippen LogP contribution < -0.4 is 15.9 Å². The van der Waals surface area contributed by atoms with Gasteiger partial charge in [-0.25, -0.2) is 0 Å². The van der Waals surface area contributed by atoms with E-state index in [9.17, 15) is 19.8 Å². The Labute approximate surface area is 277 Å². The van der Waals surface area contributed by atoms with Crippen molar-refractivity contribution in [3.05, 3.63) is 174 Å². The molecule has 0 saturated carbocycles. The molecule has 0 atom stereocenters. The average molecular weight is 659 g/mol. The number of carboxylic acids is 2. The molecule has 0 unspecified atom stereocenters. The van der Waals surface area contributed by atoms with Crippen molar-refractivity contribution in [2.75, 3.05) is 0 Å². The Morgan fingerprint density at radius 2 is 0.826 bits per heavy atom. The van der Waals surface area contributed by atoms with Gasteiger partial charge in [-0.3, -0.25) is 0 Å². The zero-order chi connectivity index (χ0) is 31.9. The van der Waals surface area contributed by atoms with Crippen LogP contribution in [0.2, 0.25) is 0 Å². The molecule has 6 rings (SSSR count). The van der Waals surface area contributed by atoms with E-state index in [4.69, 9.17) is 0 Å². The zero-order valence-electron chi connectivity index (χ0n) is 24.7. The van der Waals surface area contributed by atoms with E-state index in [1.807, 2.05) is 48.5 Å². The van der Waals surface area contributed by atoms with Crippen LogP contribution >= 0.6 is 30.8 Å². The Balaban J connectivity index is 1.64. The fourth-order valence-electron chi connectivity index (χ4n) is 5.89. The Kier molecular flexibility index (Phi) is 9.70. The van der Waals surface area contributed by atoms with E-state index in [2.05, 4.69) is 84.9 Å². The molecule has 0 amide bonds. The van der Waals surface area contributed by atoms with Crippen molar-refractivity contribution in [2.24, 2.45) is 0 Å². The molecule has 0 spiro atoms. The molecule has 0 aromatic heterocycles. The van der Waals surface area contributed by atoms with E-state index in [0.29, 0.717) is 9.79 Å². The van der Waals surface area contributed by atoms with Crippen molar-refractivity contribution in [3.8, 4) is 0 Å². The molecular formula is C39H31O4PS2. The van der Waals surface area contributed by atoms with Crippen molar-refractivity contribution in [3.63, 3.8) is 0 Å². The van der Waals surface area contributed by atoms with Gasteiger partial charge in [0.05, 0.1) is 0 Å². The number of rotatable bonds is 11. The SMILES string of the molecule is O=C(O)c1ccccc1Sc1ccccc1[PH](Cc1ccccc1)(c1ccccc1)c1ccccc1Sc1ccccc1C(=O)O. The van der Waals surface area contributed by atoms with Gasteiger partial charge in [0, 0.05) is 0 Å². The Bertz CT molecular complexity index is 1890. The summed E-state index contributed by atoms with van der Waals surface area (Å²) in [4.78, 5) is 27.8. The molecule has 0 bridgehead atoms.